The number of carbonyl (C=O) groups excluding carboxylic acids is 1. The molecule has 1 fully saturated rings. The molecule has 0 atom stereocenters. The maximum atomic E-state index is 11.7. The Bertz CT molecular complexity index is 215. The lowest BCUT2D eigenvalue weighted by molar-refractivity contribution is -0.123. The first-order chi connectivity index (χ1) is 7.65. The van der Waals surface area contributed by atoms with Crippen LogP contribution in [0.5, 0.6) is 0 Å². The van der Waals surface area contributed by atoms with E-state index in [0.717, 1.165) is 19.4 Å². The van der Waals surface area contributed by atoms with Crippen LogP contribution in [0.25, 0.3) is 0 Å². The van der Waals surface area contributed by atoms with E-state index >= 15 is 0 Å². The highest BCUT2D eigenvalue weighted by Crippen LogP contribution is 2.18. The van der Waals surface area contributed by atoms with Gasteiger partial charge in [-0.15, -0.1) is 0 Å². The summed E-state index contributed by atoms with van der Waals surface area (Å²) in [5.74, 6) is 0.0332. The smallest absolute Gasteiger partial charge is 0.221 e. The molecule has 0 heterocycles. The van der Waals surface area contributed by atoms with Crippen LogP contribution in [0.2, 0.25) is 0 Å². The topological polar surface area (TPSA) is 61.4 Å². The zero-order valence-electron chi connectivity index (χ0n) is 10.4. The van der Waals surface area contributed by atoms with Gasteiger partial charge in [0, 0.05) is 19.0 Å². The molecule has 0 aromatic heterocycles. The van der Waals surface area contributed by atoms with Crippen molar-refractivity contribution in [3.05, 3.63) is 0 Å². The number of rotatable bonds is 8. The van der Waals surface area contributed by atoms with Crippen molar-refractivity contribution in [1.29, 1.82) is 0 Å². The third-order valence-electron chi connectivity index (χ3n) is 3.42. The van der Waals surface area contributed by atoms with E-state index in [9.17, 15) is 9.90 Å². The van der Waals surface area contributed by atoms with Gasteiger partial charge >= 0.3 is 0 Å². The minimum atomic E-state index is -0.420. The van der Waals surface area contributed by atoms with E-state index in [-0.39, 0.29) is 12.5 Å². The second kappa shape index (κ2) is 6.21. The normalized spacial score (nSPS) is 16.2. The second-order valence-electron chi connectivity index (χ2n) is 4.67. The van der Waals surface area contributed by atoms with Gasteiger partial charge in [0.25, 0.3) is 0 Å². The van der Waals surface area contributed by atoms with Crippen LogP contribution in [-0.4, -0.2) is 35.7 Å². The molecule has 0 bridgehead atoms. The lowest BCUT2D eigenvalue weighted by Gasteiger charge is -2.30. The van der Waals surface area contributed by atoms with E-state index in [1.807, 2.05) is 13.8 Å². The summed E-state index contributed by atoms with van der Waals surface area (Å²) in [6, 6.07) is 0.646. The predicted octanol–water partition coefficient (Wildman–Crippen LogP) is 0.796. The van der Waals surface area contributed by atoms with Gasteiger partial charge in [0.15, 0.2) is 0 Å². The van der Waals surface area contributed by atoms with Crippen LogP contribution in [0.15, 0.2) is 0 Å². The summed E-state index contributed by atoms with van der Waals surface area (Å²) >= 11 is 0. The van der Waals surface area contributed by atoms with Crippen LogP contribution < -0.4 is 10.6 Å². The third-order valence-corrected chi connectivity index (χ3v) is 3.42. The fourth-order valence-corrected chi connectivity index (χ4v) is 1.73. The van der Waals surface area contributed by atoms with Crippen molar-refractivity contribution in [1.82, 2.24) is 10.6 Å². The highest BCUT2D eigenvalue weighted by atomic mass is 16.3. The Morgan fingerprint density at radius 2 is 2.00 bits per heavy atom. The van der Waals surface area contributed by atoms with Gasteiger partial charge in [-0.1, -0.05) is 13.8 Å². The van der Waals surface area contributed by atoms with E-state index in [2.05, 4.69) is 10.6 Å². The number of aliphatic hydroxyl groups excluding tert-OH is 1. The number of amides is 1. The van der Waals surface area contributed by atoms with Crippen molar-refractivity contribution in [3.63, 3.8) is 0 Å². The molecule has 1 aliphatic rings. The molecule has 16 heavy (non-hydrogen) atoms. The van der Waals surface area contributed by atoms with E-state index in [4.69, 9.17) is 0 Å². The lowest BCUT2D eigenvalue weighted by Crippen LogP contribution is -2.51. The van der Waals surface area contributed by atoms with Gasteiger partial charge in [-0.3, -0.25) is 4.79 Å². The minimum Gasteiger partial charge on any atom is -0.394 e. The van der Waals surface area contributed by atoms with Crippen LogP contribution in [0, 0.1) is 0 Å². The summed E-state index contributed by atoms with van der Waals surface area (Å²) in [6.07, 6.45) is 4.51. The molecule has 1 saturated carbocycles. The van der Waals surface area contributed by atoms with Gasteiger partial charge in [0.05, 0.1) is 12.1 Å². The molecule has 3 N–H and O–H groups in total. The van der Waals surface area contributed by atoms with Gasteiger partial charge in [0.2, 0.25) is 5.91 Å². The molecule has 0 aliphatic heterocycles. The Morgan fingerprint density at radius 3 is 2.44 bits per heavy atom. The van der Waals surface area contributed by atoms with E-state index in [1.54, 1.807) is 0 Å². The molecule has 0 radical (unpaired) electrons. The van der Waals surface area contributed by atoms with Crippen LogP contribution >= 0.6 is 0 Å². The summed E-state index contributed by atoms with van der Waals surface area (Å²) in [5.41, 5.74) is -0.420. The maximum absolute atomic E-state index is 11.7. The summed E-state index contributed by atoms with van der Waals surface area (Å²) in [5, 5.41) is 15.6. The van der Waals surface area contributed by atoms with Gasteiger partial charge < -0.3 is 15.7 Å². The van der Waals surface area contributed by atoms with Crippen LogP contribution in [0.4, 0.5) is 0 Å². The highest BCUT2D eigenvalue weighted by Gasteiger charge is 2.27. The number of aliphatic hydroxyl groups is 1. The Morgan fingerprint density at radius 1 is 1.38 bits per heavy atom. The summed E-state index contributed by atoms with van der Waals surface area (Å²) < 4.78 is 0. The summed E-state index contributed by atoms with van der Waals surface area (Å²) in [6.45, 7) is 4.73. The SMILES string of the molecule is CCC(CC)(CO)NC(=O)CCNC1CC1. The van der Waals surface area contributed by atoms with Crippen molar-refractivity contribution >= 4 is 5.91 Å². The molecule has 0 aromatic carbocycles. The van der Waals surface area contributed by atoms with Gasteiger partial charge in [-0.05, 0) is 25.7 Å². The molecule has 0 spiro atoms. The first kappa shape index (κ1) is 13.5. The molecule has 1 amide bonds. The van der Waals surface area contributed by atoms with Crippen molar-refractivity contribution in [3.8, 4) is 0 Å². The fraction of sp³-hybridized carbons (Fsp3) is 0.917. The standard InChI is InChI=1S/C12H24N2O2/c1-3-12(4-2,9-15)14-11(16)7-8-13-10-5-6-10/h10,13,15H,3-9H2,1-2H3,(H,14,16). The Labute approximate surface area is 97.8 Å². The largest absolute Gasteiger partial charge is 0.394 e. The molecule has 4 nitrogen and oxygen atoms in total. The van der Waals surface area contributed by atoms with Crippen molar-refractivity contribution in [2.75, 3.05) is 13.2 Å². The highest BCUT2D eigenvalue weighted by molar-refractivity contribution is 5.77. The number of carbonyl (C=O) groups is 1. The molecule has 0 unspecified atom stereocenters. The van der Waals surface area contributed by atoms with Crippen LogP contribution in [0.3, 0.4) is 0 Å². The second-order valence-corrected chi connectivity index (χ2v) is 4.67. The van der Waals surface area contributed by atoms with E-state index in [1.165, 1.54) is 12.8 Å². The molecule has 0 aromatic rings. The number of nitrogens with one attached hydrogen (secondary N) is 2. The third kappa shape index (κ3) is 4.10. The summed E-state index contributed by atoms with van der Waals surface area (Å²) in [7, 11) is 0. The molecule has 1 rings (SSSR count). The van der Waals surface area contributed by atoms with Crippen molar-refractivity contribution < 1.29 is 9.90 Å². The van der Waals surface area contributed by atoms with Gasteiger partial charge in [-0.25, -0.2) is 0 Å². The number of hydrogen-bond acceptors (Lipinski definition) is 3. The Kier molecular flexibility index (Phi) is 5.22. The van der Waals surface area contributed by atoms with Crippen LogP contribution in [0.1, 0.15) is 46.0 Å². The zero-order valence-corrected chi connectivity index (χ0v) is 10.4. The minimum absolute atomic E-state index is 0.0157. The van der Waals surface area contributed by atoms with Crippen molar-refractivity contribution in [2.24, 2.45) is 0 Å². The predicted molar refractivity (Wildman–Crippen MR) is 64.2 cm³/mol. The first-order valence-corrected chi connectivity index (χ1v) is 6.31. The van der Waals surface area contributed by atoms with E-state index in [0.29, 0.717) is 12.5 Å². The average molecular weight is 228 g/mol. The quantitative estimate of drug-likeness (QED) is 0.576. The van der Waals surface area contributed by atoms with E-state index < -0.39 is 5.54 Å². The molecular weight excluding hydrogens is 204 g/mol. The Hall–Kier alpha value is -0.610. The monoisotopic (exact) mass is 228 g/mol. The van der Waals surface area contributed by atoms with Gasteiger partial charge in [-0.2, -0.15) is 0 Å². The zero-order chi connectivity index (χ0) is 12.0. The first-order valence-electron chi connectivity index (χ1n) is 6.31. The molecule has 94 valence electrons. The Balaban J connectivity index is 2.23. The molecule has 4 heteroatoms. The van der Waals surface area contributed by atoms with Crippen LogP contribution in [-0.2, 0) is 4.79 Å². The average Bonchev–Trinajstić information content (AvgIpc) is 3.10. The lowest BCUT2D eigenvalue weighted by atomic mass is 9.94. The molecule has 1 aliphatic carbocycles. The maximum Gasteiger partial charge on any atom is 0.221 e. The molecular formula is C12H24N2O2. The summed E-state index contributed by atoms with van der Waals surface area (Å²) in [4.78, 5) is 11.7. The van der Waals surface area contributed by atoms with Gasteiger partial charge in [0.1, 0.15) is 0 Å². The number of hydrogen-bond donors (Lipinski definition) is 3. The fourth-order valence-electron chi connectivity index (χ4n) is 1.73. The molecule has 0 saturated heterocycles. The van der Waals surface area contributed by atoms with Crippen molar-refractivity contribution in [2.45, 2.75) is 57.5 Å².